The SMILES string of the molecule is N=C1CC(N)=C(N)C(N)=C1c1ccccc1. The Morgan fingerprint density at radius 2 is 1.56 bits per heavy atom. The molecule has 0 aliphatic heterocycles. The Morgan fingerprint density at radius 3 is 2.19 bits per heavy atom. The van der Waals surface area contributed by atoms with Crippen molar-refractivity contribution in [3.63, 3.8) is 0 Å². The van der Waals surface area contributed by atoms with Crippen LogP contribution in [0.2, 0.25) is 0 Å². The largest absolute Gasteiger partial charge is 0.400 e. The van der Waals surface area contributed by atoms with Gasteiger partial charge in [0.25, 0.3) is 0 Å². The summed E-state index contributed by atoms with van der Waals surface area (Å²) >= 11 is 0. The van der Waals surface area contributed by atoms with Crippen LogP contribution in [-0.2, 0) is 0 Å². The first kappa shape index (κ1) is 10.3. The summed E-state index contributed by atoms with van der Waals surface area (Å²) in [6, 6.07) is 9.54. The first-order valence-electron chi connectivity index (χ1n) is 4.98. The average Bonchev–Trinajstić information content (AvgIpc) is 2.28. The zero-order valence-electron chi connectivity index (χ0n) is 8.83. The van der Waals surface area contributed by atoms with Crippen LogP contribution in [0.5, 0.6) is 0 Å². The van der Waals surface area contributed by atoms with Crippen molar-refractivity contribution in [2.24, 2.45) is 17.2 Å². The van der Waals surface area contributed by atoms with E-state index in [4.69, 9.17) is 22.6 Å². The lowest BCUT2D eigenvalue weighted by Crippen LogP contribution is -2.26. The van der Waals surface area contributed by atoms with Gasteiger partial charge >= 0.3 is 0 Å². The Morgan fingerprint density at radius 1 is 0.938 bits per heavy atom. The highest BCUT2D eigenvalue weighted by molar-refractivity contribution is 6.25. The van der Waals surface area contributed by atoms with E-state index in [9.17, 15) is 0 Å². The van der Waals surface area contributed by atoms with Crippen molar-refractivity contribution in [2.75, 3.05) is 0 Å². The van der Waals surface area contributed by atoms with Gasteiger partial charge in [-0.2, -0.15) is 0 Å². The fraction of sp³-hybridized carbons (Fsp3) is 0.0833. The van der Waals surface area contributed by atoms with Crippen molar-refractivity contribution >= 4 is 11.3 Å². The summed E-state index contributed by atoms with van der Waals surface area (Å²) in [6.45, 7) is 0. The van der Waals surface area contributed by atoms with Crippen LogP contribution in [0.1, 0.15) is 12.0 Å². The van der Waals surface area contributed by atoms with E-state index in [0.717, 1.165) is 5.56 Å². The lowest BCUT2D eigenvalue weighted by molar-refractivity contribution is 1.07. The van der Waals surface area contributed by atoms with Gasteiger partial charge in [0.15, 0.2) is 0 Å². The predicted molar refractivity (Wildman–Crippen MR) is 65.3 cm³/mol. The van der Waals surface area contributed by atoms with Gasteiger partial charge in [0, 0.05) is 23.4 Å². The number of allylic oxidation sites excluding steroid dienone is 2. The van der Waals surface area contributed by atoms with E-state index in [0.29, 0.717) is 34.8 Å². The van der Waals surface area contributed by atoms with Crippen molar-refractivity contribution in [1.82, 2.24) is 0 Å². The number of rotatable bonds is 1. The molecule has 1 aliphatic carbocycles. The molecule has 7 N–H and O–H groups in total. The summed E-state index contributed by atoms with van der Waals surface area (Å²) in [7, 11) is 0. The molecule has 2 rings (SSSR count). The fourth-order valence-electron chi connectivity index (χ4n) is 1.78. The van der Waals surface area contributed by atoms with Crippen molar-refractivity contribution in [3.05, 3.63) is 53.0 Å². The van der Waals surface area contributed by atoms with Gasteiger partial charge in [-0.15, -0.1) is 0 Å². The summed E-state index contributed by atoms with van der Waals surface area (Å²) < 4.78 is 0. The van der Waals surface area contributed by atoms with Gasteiger partial charge in [0.2, 0.25) is 0 Å². The molecule has 82 valence electrons. The molecule has 4 heteroatoms. The normalized spacial score (nSPS) is 16.9. The number of nitrogens with one attached hydrogen (secondary N) is 1. The van der Waals surface area contributed by atoms with E-state index < -0.39 is 0 Å². The van der Waals surface area contributed by atoms with Gasteiger partial charge in [0.1, 0.15) is 0 Å². The van der Waals surface area contributed by atoms with Gasteiger partial charge in [-0.25, -0.2) is 0 Å². The zero-order valence-corrected chi connectivity index (χ0v) is 8.83. The van der Waals surface area contributed by atoms with Gasteiger partial charge < -0.3 is 22.6 Å². The van der Waals surface area contributed by atoms with Crippen molar-refractivity contribution in [3.8, 4) is 0 Å². The van der Waals surface area contributed by atoms with Crippen LogP contribution < -0.4 is 17.2 Å². The van der Waals surface area contributed by atoms with Gasteiger partial charge in [0.05, 0.1) is 11.4 Å². The minimum atomic E-state index is 0.358. The quantitative estimate of drug-likeness (QED) is 0.558. The van der Waals surface area contributed by atoms with E-state index in [2.05, 4.69) is 0 Å². The second-order valence-electron chi connectivity index (χ2n) is 3.75. The molecule has 16 heavy (non-hydrogen) atoms. The van der Waals surface area contributed by atoms with E-state index in [1.54, 1.807) is 0 Å². The molecule has 0 heterocycles. The minimum Gasteiger partial charge on any atom is -0.400 e. The maximum absolute atomic E-state index is 7.93. The third-order valence-corrected chi connectivity index (χ3v) is 2.64. The lowest BCUT2D eigenvalue weighted by atomic mass is 9.90. The predicted octanol–water partition coefficient (Wildman–Crippen LogP) is 0.909. The van der Waals surface area contributed by atoms with Crippen LogP contribution >= 0.6 is 0 Å². The Labute approximate surface area is 93.9 Å². The van der Waals surface area contributed by atoms with Crippen LogP contribution in [0.15, 0.2) is 47.4 Å². The Kier molecular flexibility index (Phi) is 2.40. The summed E-state index contributed by atoms with van der Waals surface area (Å²) in [4.78, 5) is 0. The molecule has 0 amide bonds. The maximum atomic E-state index is 7.93. The molecule has 0 radical (unpaired) electrons. The zero-order chi connectivity index (χ0) is 11.7. The molecular formula is C12H14N4. The van der Waals surface area contributed by atoms with Crippen LogP contribution in [-0.4, -0.2) is 5.71 Å². The molecule has 1 aromatic rings. The number of hydrogen-bond acceptors (Lipinski definition) is 4. The molecule has 0 atom stereocenters. The second kappa shape index (κ2) is 3.73. The van der Waals surface area contributed by atoms with Crippen molar-refractivity contribution in [1.29, 1.82) is 5.41 Å². The van der Waals surface area contributed by atoms with Crippen LogP contribution in [0.25, 0.3) is 5.57 Å². The fourth-order valence-corrected chi connectivity index (χ4v) is 1.78. The van der Waals surface area contributed by atoms with Crippen molar-refractivity contribution in [2.45, 2.75) is 6.42 Å². The monoisotopic (exact) mass is 214 g/mol. The van der Waals surface area contributed by atoms with Crippen LogP contribution in [0, 0.1) is 5.41 Å². The molecule has 0 unspecified atom stereocenters. The molecule has 0 fully saturated rings. The van der Waals surface area contributed by atoms with E-state index in [1.165, 1.54) is 0 Å². The molecule has 4 nitrogen and oxygen atoms in total. The Hall–Kier alpha value is -2.23. The summed E-state index contributed by atoms with van der Waals surface area (Å²) in [5.41, 5.74) is 20.7. The summed E-state index contributed by atoms with van der Waals surface area (Å²) in [5, 5.41) is 7.93. The van der Waals surface area contributed by atoms with Crippen LogP contribution in [0.3, 0.4) is 0 Å². The standard InChI is InChI=1S/C12H14N4/c13-8-6-9(14)11(15)12(16)10(8)7-4-2-1-3-5-7/h1-5,13H,6,14-16H2. The molecule has 0 bridgehead atoms. The molecule has 1 aliphatic rings. The number of benzene rings is 1. The highest BCUT2D eigenvalue weighted by Crippen LogP contribution is 2.27. The maximum Gasteiger partial charge on any atom is 0.0749 e. The van der Waals surface area contributed by atoms with Crippen molar-refractivity contribution < 1.29 is 0 Å². The second-order valence-corrected chi connectivity index (χ2v) is 3.75. The Bertz CT molecular complexity index is 497. The van der Waals surface area contributed by atoms with Gasteiger partial charge in [-0.05, 0) is 5.56 Å². The van der Waals surface area contributed by atoms with E-state index >= 15 is 0 Å². The van der Waals surface area contributed by atoms with Crippen LogP contribution in [0.4, 0.5) is 0 Å². The first-order chi connectivity index (χ1) is 7.61. The minimum absolute atomic E-state index is 0.358. The highest BCUT2D eigenvalue weighted by Gasteiger charge is 2.21. The number of nitrogens with two attached hydrogens (primary N) is 3. The Balaban J connectivity index is 2.59. The molecule has 0 saturated heterocycles. The molecule has 0 spiro atoms. The molecule has 0 aromatic heterocycles. The first-order valence-corrected chi connectivity index (χ1v) is 4.98. The third-order valence-electron chi connectivity index (χ3n) is 2.64. The number of hydrogen-bond donors (Lipinski definition) is 4. The van der Waals surface area contributed by atoms with Gasteiger partial charge in [-0.3, -0.25) is 0 Å². The lowest BCUT2D eigenvalue weighted by Gasteiger charge is -2.20. The third kappa shape index (κ3) is 1.54. The molecule has 1 aromatic carbocycles. The van der Waals surface area contributed by atoms with Gasteiger partial charge in [-0.1, -0.05) is 30.3 Å². The van der Waals surface area contributed by atoms with E-state index in [-0.39, 0.29) is 0 Å². The smallest absolute Gasteiger partial charge is 0.0749 e. The highest BCUT2D eigenvalue weighted by atomic mass is 14.8. The molecule has 0 saturated carbocycles. The summed E-state index contributed by atoms with van der Waals surface area (Å²) in [5.74, 6) is 0. The molecular weight excluding hydrogens is 200 g/mol. The summed E-state index contributed by atoms with van der Waals surface area (Å²) in [6.07, 6.45) is 0.358. The topological polar surface area (TPSA) is 102 Å². The average molecular weight is 214 g/mol. The van der Waals surface area contributed by atoms with E-state index in [1.807, 2.05) is 30.3 Å².